The molecule has 1 saturated carbocycles. The number of carbonyl (C=O) groups excluding carboxylic acids is 1. The topological polar surface area (TPSA) is 98.3 Å². The molecular formula is C12H15N3O3. The first-order valence-electron chi connectivity index (χ1n) is 5.82. The van der Waals surface area contributed by atoms with E-state index in [1.165, 1.54) is 18.2 Å². The van der Waals surface area contributed by atoms with Crippen LogP contribution in [0.2, 0.25) is 0 Å². The molecule has 6 nitrogen and oxygen atoms in total. The highest BCUT2D eigenvalue weighted by molar-refractivity contribution is 5.98. The van der Waals surface area contributed by atoms with Gasteiger partial charge in [0.2, 0.25) is 0 Å². The first-order chi connectivity index (χ1) is 8.52. The van der Waals surface area contributed by atoms with E-state index in [9.17, 15) is 14.9 Å². The van der Waals surface area contributed by atoms with Crippen molar-refractivity contribution in [3.05, 3.63) is 39.9 Å². The fourth-order valence-corrected chi connectivity index (χ4v) is 1.98. The Morgan fingerprint density at radius 2 is 2.11 bits per heavy atom. The van der Waals surface area contributed by atoms with Crippen molar-refractivity contribution in [3.8, 4) is 0 Å². The maximum Gasteiger partial charge on any atom is 0.282 e. The van der Waals surface area contributed by atoms with E-state index in [1.54, 1.807) is 6.07 Å². The number of hydrogen-bond donors (Lipinski definition) is 2. The van der Waals surface area contributed by atoms with Crippen LogP contribution in [0.5, 0.6) is 0 Å². The van der Waals surface area contributed by atoms with Gasteiger partial charge in [-0.2, -0.15) is 0 Å². The van der Waals surface area contributed by atoms with Crippen molar-refractivity contribution in [3.63, 3.8) is 0 Å². The van der Waals surface area contributed by atoms with Gasteiger partial charge < -0.3 is 11.1 Å². The second kappa shape index (κ2) is 4.73. The summed E-state index contributed by atoms with van der Waals surface area (Å²) < 4.78 is 0. The van der Waals surface area contributed by atoms with Gasteiger partial charge in [-0.15, -0.1) is 0 Å². The zero-order valence-electron chi connectivity index (χ0n) is 9.89. The molecule has 0 aliphatic heterocycles. The first kappa shape index (κ1) is 12.5. The Kier molecular flexibility index (Phi) is 3.29. The lowest BCUT2D eigenvalue weighted by Crippen LogP contribution is -2.54. The van der Waals surface area contributed by atoms with E-state index in [1.807, 2.05) is 0 Å². The molecule has 0 unspecified atom stereocenters. The molecule has 1 aromatic rings. The van der Waals surface area contributed by atoms with Gasteiger partial charge in [0.1, 0.15) is 5.56 Å². The van der Waals surface area contributed by atoms with E-state index >= 15 is 0 Å². The molecule has 6 heteroatoms. The maximum absolute atomic E-state index is 11.9. The Hall–Kier alpha value is -1.95. The molecule has 2 rings (SSSR count). The number of para-hydroxylation sites is 1. The number of nitrogens with one attached hydrogen (secondary N) is 1. The van der Waals surface area contributed by atoms with E-state index < -0.39 is 10.8 Å². The molecule has 0 spiro atoms. The number of rotatable bonds is 4. The van der Waals surface area contributed by atoms with Crippen molar-refractivity contribution in [2.24, 2.45) is 5.73 Å². The molecule has 1 aliphatic carbocycles. The monoisotopic (exact) mass is 249 g/mol. The molecule has 96 valence electrons. The van der Waals surface area contributed by atoms with Crippen molar-refractivity contribution in [1.29, 1.82) is 0 Å². The standard InChI is InChI=1S/C12H15N3O3/c13-12(6-3-7-12)8-14-11(16)9-4-1-2-5-10(9)15(17)18/h1-2,4-5H,3,6-8,13H2,(H,14,16). The number of nitro groups is 1. The first-order valence-corrected chi connectivity index (χ1v) is 5.82. The molecular weight excluding hydrogens is 234 g/mol. The predicted molar refractivity (Wildman–Crippen MR) is 66.2 cm³/mol. The second-order valence-corrected chi connectivity index (χ2v) is 4.67. The molecule has 1 aromatic carbocycles. The van der Waals surface area contributed by atoms with Crippen LogP contribution in [0.3, 0.4) is 0 Å². The lowest BCUT2D eigenvalue weighted by molar-refractivity contribution is -0.385. The Labute approximate surface area is 104 Å². The highest BCUT2D eigenvalue weighted by Crippen LogP contribution is 2.28. The highest BCUT2D eigenvalue weighted by atomic mass is 16.6. The van der Waals surface area contributed by atoms with Crippen LogP contribution in [-0.4, -0.2) is 22.9 Å². The normalized spacial score (nSPS) is 16.7. The summed E-state index contributed by atoms with van der Waals surface area (Å²) in [4.78, 5) is 22.1. The van der Waals surface area contributed by atoms with E-state index in [2.05, 4.69) is 5.32 Å². The Bertz CT molecular complexity index is 483. The number of hydrogen-bond acceptors (Lipinski definition) is 4. The summed E-state index contributed by atoms with van der Waals surface area (Å²) in [5, 5.41) is 13.5. The van der Waals surface area contributed by atoms with E-state index in [0.717, 1.165) is 19.3 Å². The van der Waals surface area contributed by atoms with Crippen molar-refractivity contribution in [2.45, 2.75) is 24.8 Å². The minimum absolute atomic E-state index is 0.0745. The highest BCUT2D eigenvalue weighted by Gasteiger charge is 2.33. The average molecular weight is 249 g/mol. The van der Waals surface area contributed by atoms with Gasteiger partial charge in [0.15, 0.2) is 0 Å². The fourth-order valence-electron chi connectivity index (χ4n) is 1.98. The summed E-state index contributed by atoms with van der Waals surface area (Å²) >= 11 is 0. The van der Waals surface area contributed by atoms with Crippen molar-refractivity contribution in [2.75, 3.05) is 6.54 Å². The quantitative estimate of drug-likeness (QED) is 0.618. The smallest absolute Gasteiger partial charge is 0.282 e. The number of carbonyl (C=O) groups is 1. The fraction of sp³-hybridized carbons (Fsp3) is 0.417. The number of amides is 1. The Balaban J connectivity index is 2.06. The van der Waals surface area contributed by atoms with Gasteiger partial charge in [0, 0.05) is 18.2 Å². The lowest BCUT2D eigenvalue weighted by atomic mass is 9.78. The summed E-state index contributed by atoms with van der Waals surface area (Å²) in [6, 6.07) is 5.89. The molecule has 0 aromatic heterocycles. The van der Waals surface area contributed by atoms with Gasteiger partial charge in [-0.3, -0.25) is 14.9 Å². The van der Waals surface area contributed by atoms with Crippen LogP contribution >= 0.6 is 0 Å². The van der Waals surface area contributed by atoms with Crippen LogP contribution in [0.25, 0.3) is 0 Å². The summed E-state index contributed by atoms with van der Waals surface area (Å²) in [5.74, 6) is -0.445. The molecule has 1 fully saturated rings. The van der Waals surface area contributed by atoms with Crippen molar-refractivity contribution < 1.29 is 9.72 Å². The van der Waals surface area contributed by atoms with Crippen molar-refractivity contribution >= 4 is 11.6 Å². The van der Waals surface area contributed by atoms with Crippen LogP contribution in [0.15, 0.2) is 24.3 Å². The molecule has 0 heterocycles. The maximum atomic E-state index is 11.9. The largest absolute Gasteiger partial charge is 0.350 e. The summed E-state index contributed by atoms with van der Waals surface area (Å²) in [7, 11) is 0. The van der Waals surface area contributed by atoms with Crippen LogP contribution < -0.4 is 11.1 Å². The molecule has 0 atom stereocenters. The molecule has 1 aliphatic rings. The van der Waals surface area contributed by atoms with Gasteiger partial charge in [0.05, 0.1) is 4.92 Å². The third-order valence-corrected chi connectivity index (χ3v) is 3.30. The number of nitro benzene ring substituents is 1. The third-order valence-electron chi connectivity index (χ3n) is 3.30. The number of nitrogens with two attached hydrogens (primary N) is 1. The third kappa shape index (κ3) is 2.48. The van der Waals surface area contributed by atoms with E-state index in [4.69, 9.17) is 5.73 Å². The SMILES string of the molecule is NC1(CNC(=O)c2ccccc2[N+](=O)[O-])CCC1. The van der Waals surface area contributed by atoms with Crippen molar-refractivity contribution in [1.82, 2.24) is 5.32 Å². The summed E-state index contributed by atoms with van der Waals surface area (Å²) in [6.07, 6.45) is 2.83. The molecule has 0 saturated heterocycles. The van der Waals surface area contributed by atoms with E-state index in [-0.39, 0.29) is 16.8 Å². The summed E-state index contributed by atoms with van der Waals surface area (Å²) in [5.41, 5.74) is 5.53. The molecule has 18 heavy (non-hydrogen) atoms. The second-order valence-electron chi connectivity index (χ2n) is 4.67. The predicted octanol–water partition coefficient (Wildman–Crippen LogP) is 1.21. The number of nitrogens with zero attached hydrogens (tertiary/aromatic N) is 1. The van der Waals surface area contributed by atoms with Crippen LogP contribution in [0.1, 0.15) is 29.6 Å². The van der Waals surface area contributed by atoms with Gasteiger partial charge in [-0.1, -0.05) is 12.1 Å². The van der Waals surface area contributed by atoms with Crippen LogP contribution in [0.4, 0.5) is 5.69 Å². The molecule has 0 bridgehead atoms. The number of benzene rings is 1. The van der Waals surface area contributed by atoms with Gasteiger partial charge in [-0.25, -0.2) is 0 Å². The van der Waals surface area contributed by atoms with E-state index in [0.29, 0.717) is 6.54 Å². The molecule has 3 N–H and O–H groups in total. The summed E-state index contributed by atoms with van der Waals surface area (Å²) in [6.45, 7) is 0.359. The Morgan fingerprint density at radius 1 is 1.44 bits per heavy atom. The molecule has 0 radical (unpaired) electrons. The zero-order chi connectivity index (χ0) is 13.2. The molecule has 1 amide bonds. The van der Waals surface area contributed by atoms with Gasteiger partial charge in [-0.05, 0) is 25.3 Å². The van der Waals surface area contributed by atoms with Gasteiger partial charge >= 0.3 is 0 Å². The lowest BCUT2D eigenvalue weighted by Gasteiger charge is -2.38. The average Bonchev–Trinajstić information content (AvgIpc) is 2.33. The van der Waals surface area contributed by atoms with Crippen LogP contribution in [0, 0.1) is 10.1 Å². The minimum Gasteiger partial charge on any atom is -0.350 e. The zero-order valence-corrected chi connectivity index (χ0v) is 9.89. The van der Waals surface area contributed by atoms with Gasteiger partial charge in [0.25, 0.3) is 11.6 Å². The minimum atomic E-state index is -0.559. The Morgan fingerprint density at radius 3 is 2.67 bits per heavy atom. The van der Waals surface area contributed by atoms with Crippen LogP contribution in [-0.2, 0) is 0 Å².